The number of fused-ring (bicyclic) bond motifs is 2. The molecule has 2 aromatic rings. The molecular formula is C23H20N4O7S. The number of nitro groups is 1. The highest BCUT2D eigenvalue weighted by molar-refractivity contribution is 7.16. The summed E-state index contributed by atoms with van der Waals surface area (Å²) in [5, 5.41) is 23.9. The van der Waals surface area contributed by atoms with Gasteiger partial charge in [-0.3, -0.25) is 34.2 Å². The lowest BCUT2D eigenvalue weighted by Crippen LogP contribution is -2.39. The largest absolute Gasteiger partial charge is 0.451 e. The summed E-state index contributed by atoms with van der Waals surface area (Å²) >= 11 is 1.34. The molecule has 0 spiro atoms. The molecule has 3 amide bonds. The third-order valence-corrected chi connectivity index (χ3v) is 7.12. The van der Waals surface area contributed by atoms with Gasteiger partial charge in [0.15, 0.2) is 6.10 Å². The zero-order chi connectivity index (χ0) is 25.3. The van der Waals surface area contributed by atoms with Gasteiger partial charge in [-0.1, -0.05) is 13.0 Å². The number of nitrogens with one attached hydrogen (secondary N) is 1. The fourth-order valence-electron chi connectivity index (χ4n) is 4.22. The van der Waals surface area contributed by atoms with Crippen LogP contribution in [0.3, 0.4) is 0 Å². The number of rotatable bonds is 7. The number of hydrogen-bond acceptors (Lipinski definition) is 9. The van der Waals surface area contributed by atoms with E-state index in [0.717, 1.165) is 42.2 Å². The van der Waals surface area contributed by atoms with E-state index in [4.69, 9.17) is 4.74 Å². The van der Waals surface area contributed by atoms with Crippen molar-refractivity contribution in [3.8, 4) is 6.07 Å². The average Bonchev–Trinajstić information content (AvgIpc) is 3.31. The molecule has 1 aliphatic carbocycles. The van der Waals surface area contributed by atoms with Crippen LogP contribution in [0.15, 0.2) is 18.2 Å². The van der Waals surface area contributed by atoms with Crippen LogP contribution in [0.1, 0.15) is 62.9 Å². The molecule has 4 rings (SSSR count). The molecule has 1 aromatic carbocycles. The van der Waals surface area contributed by atoms with Gasteiger partial charge in [-0.25, -0.2) is 0 Å². The minimum absolute atomic E-state index is 0.109. The van der Waals surface area contributed by atoms with E-state index < -0.39 is 47.0 Å². The molecule has 11 nitrogen and oxygen atoms in total. The Labute approximate surface area is 203 Å². The second-order valence-electron chi connectivity index (χ2n) is 8.06. The zero-order valence-electron chi connectivity index (χ0n) is 18.7. The molecule has 2 aliphatic rings. The summed E-state index contributed by atoms with van der Waals surface area (Å²) in [6.45, 7) is 0.817. The number of imide groups is 1. The SMILES string of the molecule is CC[C@H](OC(=O)CN1C(=O)c2cccc([N+](=O)[O-])c2C1=O)C(=O)Nc1sc2c(c1C#N)CCCC2. The number of amides is 3. The molecule has 0 saturated carbocycles. The van der Waals surface area contributed by atoms with E-state index in [-0.39, 0.29) is 17.5 Å². The number of hydrogen-bond donors (Lipinski definition) is 1. The third kappa shape index (κ3) is 4.38. The summed E-state index contributed by atoms with van der Waals surface area (Å²) < 4.78 is 5.24. The molecule has 1 aliphatic heterocycles. The first-order chi connectivity index (χ1) is 16.8. The predicted octanol–water partition coefficient (Wildman–Crippen LogP) is 2.96. The molecule has 0 fully saturated rings. The number of nitro benzene ring substituents is 1. The fraction of sp³-hybridized carbons (Fsp3) is 0.348. The normalized spacial score (nSPS) is 15.1. The molecule has 0 unspecified atom stereocenters. The van der Waals surface area contributed by atoms with E-state index in [2.05, 4.69) is 11.4 Å². The summed E-state index contributed by atoms with van der Waals surface area (Å²) in [5.74, 6) is -3.48. The Morgan fingerprint density at radius 2 is 2.03 bits per heavy atom. The minimum Gasteiger partial charge on any atom is -0.451 e. The molecule has 180 valence electrons. The molecular weight excluding hydrogens is 476 g/mol. The van der Waals surface area contributed by atoms with Gasteiger partial charge in [-0.05, 0) is 43.7 Å². The predicted molar refractivity (Wildman–Crippen MR) is 123 cm³/mol. The second-order valence-corrected chi connectivity index (χ2v) is 9.16. The molecule has 1 N–H and O–H groups in total. The van der Waals surface area contributed by atoms with E-state index in [1.807, 2.05) is 0 Å². The summed E-state index contributed by atoms with van der Waals surface area (Å²) in [5.41, 5.74) is 0.281. The number of aryl methyl sites for hydroxylation is 1. The number of nitrogens with zero attached hydrogens (tertiary/aromatic N) is 3. The van der Waals surface area contributed by atoms with Crippen molar-refractivity contribution in [3.63, 3.8) is 0 Å². The van der Waals surface area contributed by atoms with E-state index in [1.165, 1.54) is 23.5 Å². The Balaban J connectivity index is 1.45. The van der Waals surface area contributed by atoms with E-state index in [9.17, 15) is 34.6 Å². The first-order valence-corrected chi connectivity index (χ1v) is 11.8. The van der Waals surface area contributed by atoms with Crippen LogP contribution < -0.4 is 5.32 Å². The number of esters is 1. The van der Waals surface area contributed by atoms with Gasteiger partial charge in [-0.2, -0.15) is 5.26 Å². The van der Waals surface area contributed by atoms with Crippen molar-refractivity contribution in [1.29, 1.82) is 5.26 Å². The first-order valence-electron chi connectivity index (χ1n) is 10.9. The Morgan fingerprint density at radius 3 is 2.71 bits per heavy atom. The molecule has 2 heterocycles. The second kappa shape index (κ2) is 9.63. The maximum absolute atomic E-state index is 12.8. The van der Waals surface area contributed by atoms with E-state index >= 15 is 0 Å². The highest BCUT2D eigenvalue weighted by atomic mass is 32.1. The van der Waals surface area contributed by atoms with Gasteiger partial charge in [0.05, 0.1) is 16.1 Å². The summed E-state index contributed by atoms with van der Waals surface area (Å²) in [7, 11) is 0. The minimum atomic E-state index is -1.22. The van der Waals surface area contributed by atoms with Crippen LogP contribution in [-0.2, 0) is 27.2 Å². The Hall–Kier alpha value is -4.11. The van der Waals surface area contributed by atoms with Crippen LogP contribution in [0.5, 0.6) is 0 Å². The Bertz CT molecular complexity index is 1310. The number of anilines is 1. The van der Waals surface area contributed by atoms with Crippen LogP contribution in [0, 0.1) is 21.4 Å². The number of ether oxygens (including phenoxy) is 1. The van der Waals surface area contributed by atoms with Crippen LogP contribution >= 0.6 is 11.3 Å². The maximum Gasteiger partial charge on any atom is 0.327 e. The number of nitriles is 1. The summed E-state index contributed by atoms with van der Waals surface area (Å²) in [6.07, 6.45) is 2.49. The van der Waals surface area contributed by atoms with Crippen molar-refractivity contribution in [2.45, 2.75) is 45.1 Å². The lowest BCUT2D eigenvalue weighted by Gasteiger charge is -2.18. The van der Waals surface area contributed by atoms with Gasteiger partial charge in [0.25, 0.3) is 23.4 Å². The van der Waals surface area contributed by atoms with Crippen LogP contribution in [-0.4, -0.2) is 46.2 Å². The average molecular weight is 497 g/mol. The van der Waals surface area contributed by atoms with Crippen molar-refractivity contribution in [1.82, 2.24) is 4.90 Å². The molecule has 1 atom stereocenters. The third-order valence-electron chi connectivity index (χ3n) is 5.92. The lowest BCUT2D eigenvalue weighted by molar-refractivity contribution is -0.385. The number of thiophene rings is 1. The monoisotopic (exact) mass is 496 g/mol. The molecule has 0 saturated heterocycles. The topological polar surface area (TPSA) is 160 Å². The van der Waals surface area contributed by atoms with E-state index in [1.54, 1.807) is 6.92 Å². The van der Waals surface area contributed by atoms with Crippen molar-refractivity contribution >= 4 is 45.7 Å². The molecule has 0 radical (unpaired) electrons. The van der Waals surface area contributed by atoms with Crippen molar-refractivity contribution < 1.29 is 28.8 Å². The van der Waals surface area contributed by atoms with Crippen molar-refractivity contribution in [2.24, 2.45) is 0 Å². The summed E-state index contributed by atoms with van der Waals surface area (Å²) in [6, 6.07) is 5.79. The Morgan fingerprint density at radius 1 is 1.29 bits per heavy atom. The van der Waals surface area contributed by atoms with Gasteiger partial charge in [0, 0.05) is 10.9 Å². The molecule has 1 aromatic heterocycles. The summed E-state index contributed by atoms with van der Waals surface area (Å²) in [4.78, 5) is 62.7. The molecule has 12 heteroatoms. The van der Waals surface area contributed by atoms with Crippen LogP contribution in [0.4, 0.5) is 10.7 Å². The molecule has 35 heavy (non-hydrogen) atoms. The highest BCUT2D eigenvalue weighted by Crippen LogP contribution is 2.37. The zero-order valence-corrected chi connectivity index (χ0v) is 19.5. The van der Waals surface area contributed by atoms with Gasteiger partial charge >= 0.3 is 5.97 Å². The van der Waals surface area contributed by atoms with Crippen LogP contribution in [0.25, 0.3) is 0 Å². The van der Waals surface area contributed by atoms with Crippen molar-refractivity contribution in [2.75, 3.05) is 11.9 Å². The van der Waals surface area contributed by atoms with Crippen molar-refractivity contribution in [3.05, 3.63) is 55.4 Å². The number of carbonyl (C=O) groups is 4. The standard InChI is InChI=1S/C23H20N4O7S/c1-2-16(20(29)25-21-14(10-24)12-6-3-4-9-17(12)35-21)34-18(28)11-26-22(30)13-7-5-8-15(27(32)33)19(13)23(26)31/h5,7-8,16H,2-4,6,9,11H2,1H3,(H,25,29)/t16-/m0/s1. The van der Waals surface area contributed by atoms with Crippen LogP contribution in [0.2, 0.25) is 0 Å². The lowest BCUT2D eigenvalue weighted by atomic mass is 9.96. The van der Waals surface area contributed by atoms with Gasteiger partial charge < -0.3 is 10.1 Å². The number of carbonyl (C=O) groups excluding carboxylic acids is 4. The quantitative estimate of drug-likeness (QED) is 0.265. The van der Waals surface area contributed by atoms with E-state index in [0.29, 0.717) is 15.5 Å². The smallest absolute Gasteiger partial charge is 0.327 e. The number of benzene rings is 1. The first kappa shape index (κ1) is 24.0. The van der Waals surface area contributed by atoms with Gasteiger partial charge in [0.2, 0.25) is 0 Å². The maximum atomic E-state index is 12.8. The Kier molecular flexibility index (Phi) is 6.61. The van der Waals surface area contributed by atoms with Gasteiger partial charge in [-0.15, -0.1) is 11.3 Å². The fourth-order valence-corrected chi connectivity index (χ4v) is 5.47. The van der Waals surface area contributed by atoms with Gasteiger partial charge in [0.1, 0.15) is 23.2 Å². The molecule has 0 bridgehead atoms. The highest BCUT2D eigenvalue weighted by Gasteiger charge is 2.42.